The molecule has 7 nitrogen and oxygen atoms in total. The van der Waals surface area contributed by atoms with E-state index in [9.17, 15) is 19.2 Å². The molecule has 1 aliphatic heterocycles. The van der Waals surface area contributed by atoms with E-state index in [2.05, 4.69) is 0 Å². The Morgan fingerprint density at radius 2 is 1.73 bits per heavy atom. The third kappa shape index (κ3) is 3.22. The summed E-state index contributed by atoms with van der Waals surface area (Å²) < 4.78 is 10.4. The number of rotatable bonds is 7. The maximum Gasteiger partial charge on any atom is 0.330 e. The van der Waals surface area contributed by atoms with Crippen molar-refractivity contribution in [1.82, 2.24) is 4.90 Å². The first-order chi connectivity index (χ1) is 14.3. The Hall–Kier alpha value is -2.96. The van der Waals surface area contributed by atoms with Gasteiger partial charge in [0.05, 0.1) is 18.9 Å². The lowest BCUT2D eigenvalue weighted by atomic mass is 9.85. The molecule has 5 atom stereocenters. The molecule has 1 aromatic rings. The van der Waals surface area contributed by atoms with Gasteiger partial charge in [0.2, 0.25) is 11.8 Å². The second-order valence-corrected chi connectivity index (χ2v) is 8.50. The Labute approximate surface area is 175 Å². The Balaban J connectivity index is 1.47. The van der Waals surface area contributed by atoms with Crippen molar-refractivity contribution in [3.8, 4) is 5.75 Å². The van der Waals surface area contributed by atoms with Gasteiger partial charge in [-0.3, -0.25) is 19.3 Å². The SMILES string of the molecule is COc1cccc(C(=O)COC(=O)C(C(C)C)N2C(=O)C3C4C=CC(C4)C3C2=O)c1. The van der Waals surface area contributed by atoms with Gasteiger partial charge in [0.1, 0.15) is 11.8 Å². The lowest BCUT2D eigenvalue weighted by Gasteiger charge is -2.28. The smallest absolute Gasteiger partial charge is 0.330 e. The fourth-order valence-corrected chi connectivity index (χ4v) is 4.98. The highest BCUT2D eigenvalue weighted by Gasteiger charge is 2.61. The zero-order valence-corrected chi connectivity index (χ0v) is 17.2. The number of ketones is 1. The number of carbonyl (C=O) groups is 4. The summed E-state index contributed by atoms with van der Waals surface area (Å²) in [6.07, 6.45) is 4.85. The zero-order valence-electron chi connectivity index (χ0n) is 17.2. The molecule has 0 N–H and O–H groups in total. The molecule has 1 heterocycles. The first-order valence-electron chi connectivity index (χ1n) is 10.2. The van der Waals surface area contributed by atoms with Gasteiger partial charge >= 0.3 is 5.97 Å². The highest BCUT2D eigenvalue weighted by Crippen LogP contribution is 2.53. The number of likely N-dealkylation sites (tertiary alicyclic amines) is 1. The van der Waals surface area contributed by atoms with Crippen molar-refractivity contribution in [2.45, 2.75) is 26.3 Å². The van der Waals surface area contributed by atoms with Crippen LogP contribution in [-0.2, 0) is 19.1 Å². The van der Waals surface area contributed by atoms with Crippen molar-refractivity contribution in [1.29, 1.82) is 0 Å². The molecule has 1 aromatic carbocycles. The molecule has 7 heteroatoms. The molecule has 2 aliphatic carbocycles. The highest BCUT2D eigenvalue weighted by molar-refractivity contribution is 6.09. The van der Waals surface area contributed by atoms with Gasteiger partial charge in [-0.2, -0.15) is 0 Å². The number of amides is 2. The molecular formula is C23H25NO6. The second-order valence-electron chi connectivity index (χ2n) is 8.50. The van der Waals surface area contributed by atoms with E-state index in [0.29, 0.717) is 11.3 Å². The molecule has 2 amide bonds. The summed E-state index contributed by atoms with van der Waals surface area (Å²) in [4.78, 5) is 52.5. The van der Waals surface area contributed by atoms with Crippen LogP contribution in [0.15, 0.2) is 36.4 Å². The molecule has 1 saturated carbocycles. The molecule has 0 spiro atoms. The van der Waals surface area contributed by atoms with Crippen molar-refractivity contribution in [2.24, 2.45) is 29.6 Å². The number of fused-ring (bicyclic) bond motifs is 5. The van der Waals surface area contributed by atoms with Gasteiger partial charge in [-0.05, 0) is 36.3 Å². The number of hydrogen-bond acceptors (Lipinski definition) is 6. The summed E-state index contributed by atoms with van der Waals surface area (Å²) >= 11 is 0. The zero-order chi connectivity index (χ0) is 21.6. The molecular weight excluding hydrogens is 386 g/mol. The van der Waals surface area contributed by atoms with Gasteiger partial charge in [-0.15, -0.1) is 0 Å². The van der Waals surface area contributed by atoms with Gasteiger partial charge < -0.3 is 9.47 Å². The fraction of sp³-hybridized carbons (Fsp3) is 0.478. The first-order valence-corrected chi connectivity index (χ1v) is 10.2. The molecule has 4 rings (SSSR count). The topological polar surface area (TPSA) is 90.0 Å². The van der Waals surface area contributed by atoms with E-state index in [4.69, 9.17) is 9.47 Å². The largest absolute Gasteiger partial charge is 0.497 e. The van der Waals surface area contributed by atoms with Crippen LogP contribution in [0, 0.1) is 29.6 Å². The summed E-state index contributed by atoms with van der Waals surface area (Å²) in [5, 5.41) is 0. The fourth-order valence-electron chi connectivity index (χ4n) is 4.98. The van der Waals surface area contributed by atoms with Gasteiger partial charge in [0.25, 0.3) is 0 Å². The van der Waals surface area contributed by atoms with Crippen LogP contribution in [0.2, 0.25) is 0 Å². The molecule has 2 fully saturated rings. The molecule has 2 bridgehead atoms. The average molecular weight is 411 g/mol. The lowest BCUT2D eigenvalue weighted by molar-refractivity contribution is -0.160. The number of imide groups is 1. The maximum atomic E-state index is 13.1. The predicted octanol–water partition coefficient (Wildman–Crippen LogP) is 2.25. The van der Waals surface area contributed by atoms with Gasteiger partial charge in [-0.1, -0.05) is 38.1 Å². The number of allylic oxidation sites excluding steroid dienone is 2. The van der Waals surface area contributed by atoms with E-state index in [1.165, 1.54) is 7.11 Å². The Kier molecular flexibility index (Phi) is 5.22. The molecule has 158 valence electrons. The van der Waals surface area contributed by atoms with Crippen molar-refractivity contribution in [3.05, 3.63) is 42.0 Å². The van der Waals surface area contributed by atoms with Crippen LogP contribution in [0.3, 0.4) is 0 Å². The summed E-state index contributed by atoms with van der Waals surface area (Å²) in [6.45, 7) is 3.06. The highest BCUT2D eigenvalue weighted by atomic mass is 16.5. The predicted molar refractivity (Wildman–Crippen MR) is 106 cm³/mol. The Bertz CT molecular complexity index is 905. The van der Waals surface area contributed by atoms with Crippen LogP contribution in [-0.4, -0.2) is 48.2 Å². The van der Waals surface area contributed by atoms with Gasteiger partial charge in [0, 0.05) is 5.56 Å². The number of Topliss-reactive ketones (excluding diaryl/α,β-unsaturated/α-hetero) is 1. The molecule has 1 saturated heterocycles. The minimum atomic E-state index is -1.03. The average Bonchev–Trinajstić information content (AvgIpc) is 3.42. The molecule has 0 aromatic heterocycles. The Morgan fingerprint density at radius 1 is 1.10 bits per heavy atom. The third-order valence-electron chi connectivity index (χ3n) is 6.39. The monoisotopic (exact) mass is 411 g/mol. The van der Waals surface area contributed by atoms with E-state index in [1.54, 1.807) is 38.1 Å². The van der Waals surface area contributed by atoms with E-state index in [-0.39, 0.29) is 47.2 Å². The molecule has 30 heavy (non-hydrogen) atoms. The van der Waals surface area contributed by atoms with Crippen molar-refractivity contribution < 1.29 is 28.7 Å². The minimum absolute atomic E-state index is 0.0694. The molecule has 3 aliphatic rings. The molecule has 5 unspecified atom stereocenters. The Morgan fingerprint density at radius 3 is 2.30 bits per heavy atom. The number of carbonyl (C=O) groups excluding carboxylic acids is 4. The van der Waals surface area contributed by atoms with Crippen molar-refractivity contribution in [3.63, 3.8) is 0 Å². The number of esters is 1. The van der Waals surface area contributed by atoms with Crippen LogP contribution in [0.1, 0.15) is 30.6 Å². The number of nitrogens with zero attached hydrogens (tertiary/aromatic N) is 1. The summed E-state index contributed by atoms with van der Waals surface area (Å²) in [5.41, 5.74) is 0.355. The van der Waals surface area contributed by atoms with Crippen molar-refractivity contribution in [2.75, 3.05) is 13.7 Å². The maximum absolute atomic E-state index is 13.1. The number of hydrogen-bond donors (Lipinski definition) is 0. The standard InChI is InChI=1S/C23H25NO6/c1-12(2)20(23(28)30-11-17(25)13-5-4-6-16(10-13)29-3)24-21(26)18-14-7-8-15(9-14)19(18)22(24)27/h4-8,10,12,14-15,18-20H,9,11H2,1-3H3. The third-order valence-corrected chi connectivity index (χ3v) is 6.39. The first kappa shape index (κ1) is 20.3. The summed E-state index contributed by atoms with van der Waals surface area (Å²) in [5.74, 6) is -2.13. The number of methoxy groups -OCH3 is 1. The normalized spacial score (nSPS) is 27.5. The molecule has 0 radical (unpaired) electrons. The number of benzene rings is 1. The second kappa shape index (κ2) is 7.70. The van der Waals surface area contributed by atoms with Gasteiger partial charge in [-0.25, -0.2) is 4.79 Å². The van der Waals surface area contributed by atoms with Crippen LogP contribution in [0.4, 0.5) is 0 Å². The van der Waals surface area contributed by atoms with E-state index in [0.717, 1.165) is 11.3 Å². The summed E-state index contributed by atoms with van der Waals surface area (Å²) in [6, 6.07) is 5.52. The lowest BCUT2D eigenvalue weighted by Crippen LogP contribution is -2.50. The summed E-state index contributed by atoms with van der Waals surface area (Å²) in [7, 11) is 1.50. The van der Waals surface area contributed by atoms with Crippen LogP contribution < -0.4 is 4.74 Å². The van der Waals surface area contributed by atoms with E-state index < -0.39 is 18.6 Å². The van der Waals surface area contributed by atoms with Crippen LogP contribution in [0.25, 0.3) is 0 Å². The van der Waals surface area contributed by atoms with Gasteiger partial charge in [0.15, 0.2) is 12.4 Å². The van der Waals surface area contributed by atoms with Crippen LogP contribution in [0.5, 0.6) is 5.75 Å². The van der Waals surface area contributed by atoms with E-state index in [1.807, 2.05) is 12.2 Å². The van der Waals surface area contributed by atoms with Crippen molar-refractivity contribution >= 4 is 23.6 Å². The number of ether oxygens (including phenoxy) is 2. The quantitative estimate of drug-likeness (QED) is 0.296. The van der Waals surface area contributed by atoms with E-state index >= 15 is 0 Å². The van der Waals surface area contributed by atoms with Crippen LogP contribution >= 0.6 is 0 Å². The minimum Gasteiger partial charge on any atom is -0.497 e.